The number of halogens is 2. The highest BCUT2D eigenvalue weighted by Gasteiger charge is 2.16. The molecule has 0 spiro atoms. The van der Waals surface area contributed by atoms with Crippen LogP contribution in [-0.4, -0.2) is 16.5 Å². The zero-order valence-electron chi connectivity index (χ0n) is 12.5. The molecule has 1 N–H and O–H groups in total. The summed E-state index contributed by atoms with van der Waals surface area (Å²) in [4.78, 5) is 9.10. The summed E-state index contributed by atoms with van der Waals surface area (Å²) in [5.41, 5.74) is 2.03. The first-order valence-corrected chi connectivity index (χ1v) is 7.93. The van der Waals surface area contributed by atoms with E-state index in [0.717, 1.165) is 36.6 Å². The number of nitrogens with one attached hydrogen (secondary N) is 1. The first-order chi connectivity index (χ1) is 10.1. The molecule has 0 bridgehead atoms. The van der Waals surface area contributed by atoms with Gasteiger partial charge in [-0.15, -0.1) is 0 Å². The molecular formula is C16H19BrFN3. The Balaban J connectivity index is 2.63. The molecule has 0 aliphatic heterocycles. The highest BCUT2D eigenvalue weighted by molar-refractivity contribution is 9.10. The summed E-state index contributed by atoms with van der Waals surface area (Å²) in [6, 6.07) is 5.25. The lowest BCUT2D eigenvalue weighted by molar-refractivity contribution is 0.623. The summed E-state index contributed by atoms with van der Waals surface area (Å²) in [5.74, 6) is 1.24. The molecule has 1 heterocycles. The quantitative estimate of drug-likeness (QED) is 0.845. The minimum atomic E-state index is -0.288. The van der Waals surface area contributed by atoms with Crippen LogP contribution in [0.4, 0.5) is 10.2 Å². The minimum Gasteiger partial charge on any atom is -0.370 e. The third-order valence-electron chi connectivity index (χ3n) is 3.22. The van der Waals surface area contributed by atoms with Crippen LogP contribution in [0.15, 0.2) is 22.7 Å². The average Bonchev–Trinajstić information content (AvgIpc) is 2.46. The number of aryl methyl sites for hydroxylation is 1. The van der Waals surface area contributed by atoms with Crippen LogP contribution in [0, 0.1) is 12.7 Å². The van der Waals surface area contributed by atoms with E-state index in [0.29, 0.717) is 15.7 Å². The Labute approximate surface area is 133 Å². The second kappa shape index (κ2) is 6.98. The van der Waals surface area contributed by atoms with Crippen LogP contribution in [-0.2, 0) is 6.42 Å². The molecule has 0 fully saturated rings. The van der Waals surface area contributed by atoms with E-state index in [1.807, 2.05) is 19.9 Å². The molecule has 0 saturated carbocycles. The molecule has 0 saturated heterocycles. The Hall–Kier alpha value is -1.49. The van der Waals surface area contributed by atoms with Crippen LogP contribution in [0.2, 0.25) is 0 Å². The van der Waals surface area contributed by atoms with Gasteiger partial charge < -0.3 is 5.32 Å². The summed E-state index contributed by atoms with van der Waals surface area (Å²) in [7, 11) is 0. The lowest BCUT2D eigenvalue weighted by Crippen LogP contribution is -2.08. The van der Waals surface area contributed by atoms with E-state index < -0.39 is 0 Å². The number of rotatable bonds is 5. The summed E-state index contributed by atoms with van der Waals surface area (Å²) in [6.07, 6.45) is 1.73. The molecule has 0 aliphatic rings. The molecule has 0 unspecified atom stereocenters. The second-order valence-corrected chi connectivity index (χ2v) is 5.70. The van der Waals surface area contributed by atoms with Crippen molar-refractivity contribution in [3.05, 3.63) is 39.9 Å². The highest BCUT2D eigenvalue weighted by atomic mass is 79.9. The Bertz CT molecular complexity index is 644. The van der Waals surface area contributed by atoms with Crippen molar-refractivity contribution in [2.45, 2.75) is 33.6 Å². The first-order valence-electron chi connectivity index (χ1n) is 7.14. The predicted molar refractivity (Wildman–Crippen MR) is 88.0 cm³/mol. The fraction of sp³-hybridized carbons (Fsp3) is 0.375. The topological polar surface area (TPSA) is 37.8 Å². The van der Waals surface area contributed by atoms with Crippen LogP contribution in [0.5, 0.6) is 0 Å². The summed E-state index contributed by atoms with van der Waals surface area (Å²) < 4.78 is 14.8. The van der Waals surface area contributed by atoms with Gasteiger partial charge in [0.1, 0.15) is 17.5 Å². The number of aromatic nitrogens is 2. The van der Waals surface area contributed by atoms with Crippen LogP contribution in [0.3, 0.4) is 0 Å². The van der Waals surface area contributed by atoms with Gasteiger partial charge in [0.15, 0.2) is 0 Å². The summed E-state index contributed by atoms with van der Waals surface area (Å²) in [5, 5.41) is 3.23. The fourth-order valence-electron chi connectivity index (χ4n) is 2.19. The number of hydrogen-bond donors (Lipinski definition) is 1. The van der Waals surface area contributed by atoms with E-state index in [-0.39, 0.29) is 5.82 Å². The molecule has 0 radical (unpaired) electrons. The van der Waals surface area contributed by atoms with E-state index in [9.17, 15) is 4.39 Å². The SMILES string of the molecule is CCCc1nc(NCC)c(C)c(-c2cccc(Br)c2F)n1. The summed E-state index contributed by atoms with van der Waals surface area (Å²) >= 11 is 3.23. The third kappa shape index (κ3) is 3.40. The lowest BCUT2D eigenvalue weighted by atomic mass is 10.1. The van der Waals surface area contributed by atoms with E-state index in [2.05, 4.69) is 38.1 Å². The van der Waals surface area contributed by atoms with Gasteiger partial charge in [-0.25, -0.2) is 14.4 Å². The van der Waals surface area contributed by atoms with Crippen molar-refractivity contribution in [2.24, 2.45) is 0 Å². The highest BCUT2D eigenvalue weighted by Crippen LogP contribution is 2.31. The minimum absolute atomic E-state index is 0.288. The van der Waals surface area contributed by atoms with Gasteiger partial charge in [0.2, 0.25) is 0 Å². The van der Waals surface area contributed by atoms with Crippen LogP contribution in [0.25, 0.3) is 11.3 Å². The molecule has 2 aromatic rings. The van der Waals surface area contributed by atoms with E-state index in [4.69, 9.17) is 0 Å². The monoisotopic (exact) mass is 351 g/mol. The maximum Gasteiger partial charge on any atom is 0.146 e. The Kier molecular flexibility index (Phi) is 5.28. The Morgan fingerprint density at radius 2 is 2.00 bits per heavy atom. The number of benzene rings is 1. The van der Waals surface area contributed by atoms with Gasteiger partial charge in [0, 0.05) is 24.1 Å². The van der Waals surface area contributed by atoms with Gasteiger partial charge in [-0.2, -0.15) is 0 Å². The molecule has 0 atom stereocenters. The van der Waals surface area contributed by atoms with Gasteiger partial charge >= 0.3 is 0 Å². The molecule has 5 heteroatoms. The van der Waals surface area contributed by atoms with Gasteiger partial charge in [-0.3, -0.25) is 0 Å². The second-order valence-electron chi connectivity index (χ2n) is 4.84. The van der Waals surface area contributed by atoms with Crippen molar-refractivity contribution in [2.75, 3.05) is 11.9 Å². The smallest absolute Gasteiger partial charge is 0.146 e. The Morgan fingerprint density at radius 3 is 2.67 bits per heavy atom. The normalized spacial score (nSPS) is 10.7. The molecule has 21 heavy (non-hydrogen) atoms. The van der Waals surface area contributed by atoms with E-state index in [1.54, 1.807) is 12.1 Å². The van der Waals surface area contributed by atoms with Crippen molar-refractivity contribution in [3.8, 4) is 11.3 Å². The van der Waals surface area contributed by atoms with Crippen molar-refractivity contribution < 1.29 is 4.39 Å². The molecule has 0 amide bonds. The average molecular weight is 352 g/mol. The summed E-state index contributed by atoms with van der Waals surface area (Å²) in [6.45, 7) is 6.78. The number of anilines is 1. The van der Waals surface area contributed by atoms with Gasteiger partial charge in [-0.1, -0.05) is 13.0 Å². The van der Waals surface area contributed by atoms with Crippen LogP contribution < -0.4 is 5.32 Å². The molecule has 112 valence electrons. The molecule has 1 aromatic carbocycles. The maximum absolute atomic E-state index is 14.4. The van der Waals surface area contributed by atoms with Gasteiger partial charge in [-0.05, 0) is 48.3 Å². The van der Waals surface area contributed by atoms with Crippen LogP contribution in [0.1, 0.15) is 31.7 Å². The molecule has 0 aliphatic carbocycles. The number of hydrogen-bond acceptors (Lipinski definition) is 3. The predicted octanol–water partition coefficient (Wildman–Crippen LogP) is 4.74. The van der Waals surface area contributed by atoms with E-state index in [1.165, 1.54) is 0 Å². The van der Waals surface area contributed by atoms with Gasteiger partial charge in [0.25, 0.3) is 0 Å². The van der Waals surface area contributed by atoms with Crippen molar-refractivity contribution in [3.63, 3.8) is 0 Å². The largest absolute Gasteiger partial charge is 0.370 e. The van der Waals surface area contributed by atoms with Gasteiger partial charge in [0.05, 0.1) is 10.2 Å². The standard InChI is InChI=1S/C16H19BrFN3/c1-4-7-13-20-15(10(3)16(21-13)19-5-2)11-8-6-9-12(17)14(11)18/h6,8-9H,4-5,7H2,1-3H3,(H,19,20,21). The molecule has 2 rings (SSSR count). The third-order valence-corrected chi connectivity index (χ3v) is 3.83. The van der Waals surface area contributed by atoms with Crippen molar-refractivity contribution in [1.82, 2.24) is 9.97 Å². The molecular weight excluding hydrogens is 333 g/mol. The zero-order valence-corrected chi connectivity index (χ0v) is 14.1. The van der Waals surface area contributed by atoms with Crippen molar-refractivity contribution >= 4 is 21.7 Å². The maximum atomic E-state index is 14.4. The Morgan fingerprint density at radius 1 is 1.24 bits per heavy atom. The lowest BCUT2D eigenvalue weighted by Gasteiger charge is -2.14. The van der Waals surface area contributed by atoms with E-state index >= 15 is 0 Å². The zero-order chi connectivity index (χ0) is 15.4. The van der Waals surface area contributed by atoms with Crippen LogP contribution >= 0.6 is 15.9 Å². The van der Waals surface area contributed by atoms with Crippen molar-refractivity contribution in [1.29, 1.82) is 0 Å². The first kappa shape index (κ1) is 15.9. The fourth-order valence-corrected chi connectivity index (χ4v) is 2.55. The molecule has 1 aromatic heterocycles. The number of nitrogens with zero attached hydrogens (tertiary/aromatic N) is 2. The molecule has 3 nitrogen and oxygen atoms in total.